The largest absolute Gasteiger partial charge is 0.305 e. The smallest absolute Gasteiger partial charge is 0.253 e. The Bertz CT molecular complexity index is 126. The molecule has 1 aliphatic rings. The summed E-state index contributed by atoms with van der Waals surface area (Å²) in [5.74, 6) is -0.475. The van der Waals surface area contributed by atoms with Gasteiger partial charge in [-0.3, -0.25) is 0 Å². The van der Waals surface area contributed by atoms with Crippen molar-refractivity contribution in [1.82, 2.24) is 0 Å². The van der Waals surface area contributed by atoms with Crippen molar-refractivity contribution in [1.29, 1.82) is 0 Å². The number of hydrogen-bond acceptors (Lipinski definition) is 2. The molecule has 2 nitrogen and oxygen atoms in total. The van der Waals surface area contributed by atoms with E-state index in [-0.39, 0.29) is 0 Å². The minimum Gasteiger partial charge on any atom is -0.305 e. The average molecular weight is 165 g/mol. The molecule has 1 heterocycles. The SMILES string of the molecule is CCCC1(Cl)OC(C)(C)O1. The second-order valence-electron chi connectivity index (χ2n) is 3.01. The van der Waals surface area contributed by atoms with Gasteiger partial charge in [0.1, 0.15) is 0 Å². The van der Waals surface area contributed by atoms with Gasteiger partial charge in [0.2, 0.25) is 0 Å². The fourth-order valence-corrected chi connectivity index (χ4v) is 1.70. The van der Waals surface area contributed by atoms with Gasteiger partial charge in [-0.15, -0.1) is 0 Å². The van der Waals surface area contributed by atoms with Gasteiger partial charge in [0, 0.05) is 6.42 Å². The van der Waals surface area contributed by atoms with E-state index in [9.17, 15) is 0 Å². The van der Waals surface area contributed by atoms with Gasteiger partial charge in [0.25, 0.3) is 5.25 Å². The monoisotopic (exact) mass is 164 g/mol. The van der Waals surface area contributed by atoms with Crippen LogP contribution >= 0.6 is 11.6 Å². The van der Waals surface area contributed by atoms with Crippen LogP contribution in [0.25, 0.3) is 0 Å². The van der Waals surface area contributed by atoms with Crippen LogP contribution in [-0.4, -0.2) is 11.0 Å². The van der Waals surface area contributed by atoms with Crippen molar-refractivity contribution in [3.05, 3.63) is 0 Å². The summed E-state index contributed by atoms with van der Waals surface area (Å²) < 4.78 is 10.6. The van der Waals surface area contributed by atoms with Crippen molar-refractivity contribution in [2.75, 3.05) is 0 Å². The van der Waals surface area contributed by atoms with Crippen molar-refractivity contribution in [3.63, 3.8) is 0 Å². The Hall–Kier alpha value is 0.210. The van der Waals surface area contributed by atoms with Gasteiger partial charge in [-0.25, -0.2) is 0 Å². The van der Waals surface area contributed by atoms with Crippen molar-refractivity contribution in [2.45, 2.75) is 44.6 Å². The van der Waals surface area contributed by atoms with E-state index in [1.54, 1.807) is 0 Å². The first-order chi connectivity index (χ1) is 4.47. The molecule has 0 aromatic heterocycles. The topological polar surface area (TPSA) is 18.5 Å². The Labute approximate surface area is 66.5 Å². The molecule has 0 unspecified atom stereocenters. The highest BCUT2D eigenvalue weighted by Gasteiger charge is 2.50. The fourth-order valence-electron chi connectivity index (χ4n) is 1.14. The van der Waals surface area contributed by atoms with E-state index < -0.39 is 11.0 Å². The molecule has 0 atom stereocenters. The number of alkyl halides is 1. The third-order valence-electron chi connectivity index (χ3n) is 1.35. The van der Waals surface area contributed by atoms with Crippen molar-refractivity contribution >= 4 is 11.6 Å². The van der Waals surface area contributed by atoms with Gasteiger partial charge in [-0.1, -0.05) is 18.5 Å². The van der Waals surface area contributed by atoms with E-state index >= 15 is 0 Å². The normalized spacial score (nSPS) is 27.6. The van der Waals surface area contributed by atoms with Crippen LogP contribution in [0.1, 0.15) is 33.6 Å². The van der Waals surface area contributed by atoms with Crippen molar-refractivity contribution < 1.29 is 9.47 Å². The molecule has 1 rings (SSSR count). The molecule has 0 bridgehead atoms. The maximum atomic E-state index is 5.85. The van der Waals surface area contributed by atoms with Gasteiger partial charge >= 0.3 is 0 Å². The summed E-state index contributed by atoms with van der Waals surface area (Å²) in [5.41, 5.74) is 0. The molecule has 0 aliphatic carbocycles. The predicted octanol–water partition coefficient (Wildman–Crippen LogP) is 2.46. The Balaban J connectivity index is 2.34. The van der Waals surface area contributed by atoms with Crippen LogP contribution in [0.15, 0.2) is 0 Å². The van der Waals surface area contributed by atoms with Gasteiger partial charge < -0.3 is 9.47 Å². The van der Waals surface area contributed by atoms with E-state index in [1.165, 1.54) is 0 Å². The van der Waals surface area contributed by atoms with Crippen LogP contribution in [0.3, 0.4) is 0 Å². The molecule has 3 heteroatoms. The number of hydrogen-bond donors (Lipinski definition) is 0. The highest BCUT2D eigenvalue weighted by molar-refractivity contribution is 6.22. The van der Waals surface area contributed by atoms with E-state index in [0.29, 0.717) is 0 Å². The summed E-state index contributed by atoms with van der Waals surface area (Å²) in [5, 5.41) is -0.821. The molecule has 0 N–H and O–H groups in total. The Morgan fingerprint density at radius 1 is 1.30 bits per heavy atom. The maximum absolute atomic E-state index is 5.85. The third kappa shape index (κ3) is 1.62. The van der Waals surface area contributed by atoms with Crippen LogP contribution in [0, 0.1) is 0 Å². The Morgan fingerprint density at radius 3 is 2.10 bits per heavy atom. The van der Waals surface area contributed by atoms with Crippen LogP contribution in [0.4, 0.5) is 0 Å². The summed E-state index contributed by atoms with van der Waals surface area (Å²) >= 11 is 5.85. The summed E-state index contributed by atoms with van der Waals surface area (Å²) in [6.07, 6.45) is 1.72. The standard InChI is InChI=1S/C7H13ClO2/c1-4-5-7(8)9-6(2,3)10-7/h4-5H2,1-3H3. The van der Waals surface area contributed by atoms with Crippen LogP contribution in [0.5, 0.6) is 0 Å². The predicted molar refractivity (Wildman–Crippen MR) is 39.7 cm³/mol. The molecule has 0 aromatic rings. The molecular formula is C7H13ClO2. The van der Waals surface area contributed by atoms with Gasteiger partial charge in [0.05, 0.1) is 0 Å². The fraction of sp³-hybridized carbons (Fsp3) is 1.00. The molecule has 10 heavy (non-hydrogen) atoms. The highest BCUT2D eigenvalue weighted by Crippen LogP contribution is 2.43. The molecule has 0 radical (unpaired) electrons. The first kappa shape index (κ1) is 8.31. The van der Waals surface area contributed by atoms with Crippen LogP contribution in [-0.2, 0) is 9.47 Å². The molecule has 1 fully saturated rings. The third-order valence-corrected chi connectivity index (χ3v) is 1.69. The van der Waals surface area contributed by atoms with Gasteiger partial charge in [-0.2, -0.15) is 0 Å². The molecular weight excluding hydrogens is 152 g/mol. The van der Waals surface area contributed by atoms with Gasteiger partial charge in [-0.05, 0) is 20.3 Å². The highest BCUT2D eigenvalue weighted by atomic mass is 35.5. The quantitative estimate of drug-likeness (QED) is 0.584. The lowest BCUT2D eigenvalue weighted by atomic mass is 10.2. The summed E-state index contributed by atoms with van der Waals surface area (Å²) in [7, 11) is 0. The summed E-state index contributed by atoms with van der Waals surface area (Å²) in [6, 6.07) is 0. The Morgan fingerprint density at radius 2 is 1.80 bits per heavy atom. The molecule has 1 aliphatic heterocycles. The van der Waals surface area contributed by atoms with Crippen molar-refractivity contribution in [2.24, 2.45) is 0 Å². The minimum atomic E-state index is -0.821. The maximum Gasteiger partial charge on any atom is 0.253 e. The lowest BCUT2D eigenvalue weighted by molar-refractivity contribution is -0.462. The van der Waals surface area contributed by atoms with E-state index in [1.807, 2.05) is 20.8 Å². The average Bonchev–Trinajstić information content (AvgIpc) is 1.58. The van der Waals surface area contributed by atoms with Crippen LogP contribution < -0.4 is 0 Å². The summed E-state index contributed by atoms with van der Waals surface area (Å²) in [6.45, 7) is 5.74. The second kappa shape index (κ2) is 2.36. The molecule has 0 saturated carbocycles. The lowest BCUT2D eigenvalue weighted by Gasteiger charge is -2.48. The molecule has 0 spiro atoms. The Kier molecular flexibility index (Phi) is 1.96. The second-order valence-corrected chi connectivity index (χ2v) is 3.59. The zero-order valence-corrected chi connectivity index (χ0v) is 7.36. The minimum absolute atomic E-state index is 0.475. The van der Waals surface area contributed by atoms with Gasteiger partial charge in [0.15, 0.2) is 5.79 Å². The molecule has 0 aromatic carbocycles. The molecule has 1 saturated heterocycles. The summed E-state index contributed by atoms with van der Waals surface area (Å²) in [4.78, 5) is 0. The number of ether oxygens (including phenoxy) is 2. The molecule has 60 valence electrons. The zero-order chi connectivity index (χ0) is 7.83. The van der Waals surface area contributed by atoms with Crippen LogP contribution in [0.2, 0.25) is 0 Å². The lowest BCUT2D eigenvalue weighted by Crippen LogP contribution is -2.56. The number of halogens is 1. The van der Waals surface area contributed by atoms with E-state index in [0.717, 1.165) is 12.8 Å². The number of rotatable bonds is 2. The first-order valence-electron chi connectivity index (χ1n) is 3.57. The molecule has 0 amide bonds. The van der Waals surface area contributed by atoms with E-state index in [2.05, 4.69) is 0 Å². The zero-order valence-electron chi connectivity index (χ0n) is 6.61. The van der Waals surface area contributed by atoms with Crippen molar-refractivity contribution in [3.8, 4) is 0 Å². The first-order valence-corrected chi connectivity index (χ1v) is 3.94. The van der Waals surface area contributed by atoms with E-state index in [4.69, 9.17) is 21.1 Å².